The fourth-order valence-electron chi connectivity index (χ4n) is 5.13. The van der Waals surface area contributed by atoms with Gasteiger partial charge in [-0.3, -0.25) is 14.5 Å². The first-order chi connectivity index (χ1) is 23.3. The molecule has 1 saturated heterocycles. The van der Waals surface area contributed by atoms with Gasteiger partial charge in [0.05, 0.1) is 31.4 Å². The van der Waals surface area contributed by atoms with Crippen LogP contribution in [0.5, 0.6) is 17.2 Å². The zero-order valence-corrected chi connectivity index (χ0v) is 28.7. The number of anilines is 1. The van der Waals surface area contributed by atoms with E-state index >= 15 is 0 Å². The third-order valence-corrected chi connectivity index (χ3v) is 9.64. The number of hydrogen-bond donors (Lipinski definition) is 1. The first-order valence-corrected chi connectivity index (χ1v) is 17.8. The fourth-order valence-corrected chi connectivity index (χ4v) is 6.95. The van der Waals surface area contributed by atoms with Crippen LogP contribution in [0.4, 0.5) is 9.52 Å². The van der Waals surface area contributed by atoms with Crippen molar-refractivity contribution in [1.29, 1.82) is 0 Å². The average Bonchev–Trinajstić information content (AvgIpc) is 3.67. The van der Waals surface area contributed by atoms with Crippen molar-refractivity contribution in [3.05, 3.63) is 94.8 Å². The van der Waals surface area contributed by atoms with Crippen LogP contribution in [-0.2, 0) is 15.3 Å². The highest BCUT2D eigenvalue weighted by Crippen LogP contribution is 2.46. The number of thioether (sulfide) groups is 1. The van der Waals surface area contributed by atoms with Gasteiger partial charge in [-0.2, -0.15) is 0 Å². The smallest absolute Gasteiger partial charge is 0.301 e. The number of ketones is 1. The van der Waals surface area contributed by atoms with Crippen LogP contribution < -0.4 is 19.1 Å². The van der Waals surface area contributed by atoms with Crippen molar-refractivity contribution in [2.75, 3.05) is 24.7 Å². The van der Waals surface area contributed by atoms with Gasteiger partial charge in [-0.05, 0) is 79.4 Å². The summed E-state index contributed by atoms with van der Waals surface area (Å²) < 4.78 is 31.6. The molecule has 0 spiro atoms. The molecule has 0 radical (unpaired) electrons. The maximum absolute atomic E-state index is 13.8. The molecule has 5 rings (SSSR count). The highest BCUT2D eigenvalue weighted by molar-refractivity contribution is 8.00. The van der Waals surface area contributed by atoms with Crippen LogP contribution in [0.25, 0.3) is 5.76 Å². The van der Waals surface area contributed by atoms with E-state index in [1.54, 1.807) is 54.6 Å². The summed E-state index contributed by atoms with van der Waals surface area (Å²) >= 11 is 2.53. The van der Waals surface area contributed by atoms with Crippen molar-refractivity contribution >= 4 is 45.7 Å². The number of amides is 1. The second-order valence-electron chi connectivity index (χ2n) is 11.0. The normalized spacial score (nSPS) is 15.6. The van der Waals surface area contributed by atoms with Crippen molar-refractivity contribution in [3.63, 3.8) is 0 Å². The van der Waals surface area contributed by atoms with Crippen molar-refractivity contribution in [2.24, 2.45) is 0 Å². The molecule has 252 valence electrons. The third kappa shape index (κ3) is 8.16. The van der Waals surface area contributed by atoms with Gasteiger partial charge in [0.1, 0.15) is 17.3 Å². The van der Waals surface area contributed by atoms with Crippen LogP contribution in [0.2, 0.25) is 0 Å². The number of ether oxygens (including phenoxy) is 3. The van der Waals surface area contributed by atoms with Gasteiger partial charge in [-0.15, -0.1) is 10.2 Å². The summed E-state index contributed by atoms with van der Waals surface area (Å²) in [6.07, 6.45) is 3.83. The van der Waals surface area contributed by atoms with Crippen molar-refractivity contribution in [1.82, 2.24) is 10.2 Å². The zero-order chi connectivity index (χ0) is 34.0. The molecule has 0 saturated carbocycles. The number of halogens is 1. The van der Waals surface area contributed by atoms with Crippen LogP contribution in [0.15, 0.2) is 76.6 Å². The van der Waals surface area contributed by atoms with Crippen molar-refractivity contribution in [3.8, 4) is 17.2 Å². The third-order valence-electron chi connectivity index (χ3n) is 7.51. The first-order valence-electron chi connectivity index (χ1n) is 16.0. The summed E-state index contributed by atoms with van der Waals surface area (Å²) in [7, 11) is 0. The maximum Gasteiger partial charge on any atom is 0.301 e. The average molecular weight is 692 g/mol. The Kier molecular flexibility index (Phi) is 12.1. The molecule has 48 heavy (non-hydrogen) atoms. The number of unbranched alkanes of at least 4 members (excludes halogenated alkanes) is 2. The topological polar surface area (TPSA) is 111 Å². The van der Waals surface area contributed by atoms with Gasteiger partial charge < -0.3 is 19.3 Å². The summed E-state index contributed by atoms with van der Waals surface area (Å²) in [6.45, 7) is 7.42. The Bertz CT molecular complexity index is 1740. The highest BCUT2D eigenvalue weighted by Gasteiger charge is 2.48. The van der Waals surface area contributed by atoms with Crippen LogP contribution in [0.3, 0.4) is 0 Å². The molecule has 3 aromatic carbocycles. The SMILES string of the molecule is CCCCCOc1ccc(C2/C(=C(\O)c3ccc(OCCC)cc3)C(=O)C(=O)N2c2nnc(SCc3ccc(F)cc3)s2)cc1OCC. The molecule has 1 fully saturated rings. The minimum absolute atomic E-state index is 0.0861. The Balaban J connectivity index is 1.53. The summed E-state index contributed by atoms with van der Waals surface area (Å²) in [4.78, 5) is 28.8. The number of carbonyl (C=O) groups is 2. The van der Waals surface area contributed by atoms with Crippen LogP contribution >= 0.6 is 23.1 Å². The summed E-state index contributed by atoms with van der Waals surface area (Å²) in [5.74, 6) is -0.189. The number of rotatable bonds is 16. The van der Waals surface area contributed by atoms with E-state index < -0.39 is 17.7 Å². The zero-order valence-electron chi connectivity index (χ0n) is 27.1. The quantitative estimate of drug-likeness (QED) is 0.0310. The van der Waals surface area contributed by atoms with Gasteiger partial charge >= 0.3 is 5.91 Å². The molecule has 1 amide bonds. The van der Waals surface area contributed by atoms with Gasteiger partial charge in [0.25, 0.3) is 5.78 Å². The summed E-state index contributed by atoms with van der Waals surface area (Å²) in [5.41, 5.74) is 1.69. The molecule has 0 aliphatic carbocycles. The van der Waals surface area contributed by atoms with E-state index in [1.165, 1.54) is 28.8 Å². The lowest BCUT2D eigenvalue weighted by atomic mass is 9.95. The van der Waals surface area contributed by atoms with E-state index in [4.69, 9.17) is 14.2 Å². The van der Waals surface area contributed by atoms with Crippen LogP contribution in [0.1, 0.15) is 69.2 Å². The molecular formula is C36H38FN3O6S2. The largest absolute Gasteiger partial charge is 0.507 e. The summed E-state index contributed by atoms with van der Waals surface area (Å²) in [6, 6.07) is 17.1. The Morgan fingerprint density at radius 1 is 0.896 bits per heavy atom. The van der Waals surface area contributed by atoms with Gasteiger partial charge in [0.2, 0.25) is 5.13 Å². The molecule has 4 aromatic rings. The number of aromatic nitrogens is 2. The van der Waals surface area contributed by atoms with E-state index in [9.17, 15) is 19.1 Å². The number of nitrogens with zero attached hydrogens (tertiary/aromatic N) is 3. The molecule has 1 aliphatic heterocycles. The lowest BCUT2D eigenvalue weighted by molar-refractivity contribution is -0.132. The Morgan fingerprint density at radius 3 is 2.38 bits per heavy atom. The van der Waals surface area contributed by atoms with E-state index in [1.807, 2.05) is 13.8 Å². The Labute approximate surface area is 287 Å². The van der Waals surface area contributed by atoms with E-state index in [0.29, 0.717) is 58.3 Å². The molecule has 0 bridgehead atoms. The second kappa shape index (κ2) is 16.6. The van der Waals surface area contributed by atoms with Gasteiger partial charge in [-0.25, -0.2) is 4.39 Å². The molecule has 1 unspecified atom stereocenters. The molecule has 1 N–H and O–H groups in total. The Hall–Kier alpha value is -4.42. The predicted molar refractivity (Wildman–Crippen MR) is 186 cm³/mol. The maximum atomic E-state index is 13.8. The molecule has 1 aromatic heterocycles. The number of aliphatic hydroxyl groups excluding tert-OH is 1. The van der Waals surface area contributed by atoms with Crippen molar-refractivity contribution < 1.29 is 33.3 Å². The van der Waals surface area contributed by atoms with E-state index in [0.717, 1.165) is 42.6 Å². The standard InChI is InChI=1S/C36H38FN3O6S2/c1-4-7-8-20-46-28-18-13-25(21-29(28)44-6-3)31-30(32(41)24-11-16-27(17-12-24)45-19-5-2)33(42)34(43)40(31)35-38-39-36(48-35)47-22-23-9-14-26(37)15-10-23/h9-18,21,31,41H,4-8,19-20,22H2,1-3H3/b32-30+. The summed E-state index contributed by atoms with van der Waals surface area (Å²) in [5, 5.41) is 20.4. The lowest BCUT2D eigenvalue weighted by Crippen LogP contribution is -2.29. The highest BCUT2D eigenvalue weighted by atomic mass is 32.2. The monoisotopic (exact) mass is 691 g/mol. The number of Topliss-reactive ketones (excluding diaryl/α,β-unsaturated/α-hetero) is 1. The first kappa shape index (κ1) is 34.9. The lowest BCUT2D eigenvalue weighted by Gasteiger charge is -2.23. The van der Waals surface area contributed by atoms with E-state index in [2.05, 4.69) is 17.1 Å². The number of carbonyl (C=O) groups excluding carboxylic acids is 2. The molecule has 2 heterocycles. The van der Waals surface area contributed by atoms with Gasteiger partial charge in [0.15, 0.2) is 15.8 Å². The van der Waals surface area contributed by atoms with E-state index in [-0.39, 0.29) is 22.3 Å². The number of benzene rings is 3. The molecule has 1 atom stereocenters. The number of aliphatic hydroxyl groups is 1. The van der Waals surface area contributed by atoms with Gasteiger partial charge in [-0.1, -0.05) is 68.0 Å². The minimum Gasteiger partial charge on any atom is -0.507 e. The minimum atomic E-state index is -1.03. The molecular weight excluding hydrogens is 654 g/mol. The second-order valence-corrected chi connectivity index (χ2v) is 13.2. The van der Waals surface area contributed by atoms with Crippen molar-refractivity contribution in [2.45, 2.75) is 62.6 Å². The fraction of sp³-hybridized carbons (Fsp3) is 0.333. The molecule has 12 heteroatoms. The molecule has 9 nitrogen and oxygen atoms in total. The van der Waals surface area contributed by atoms with Crippen LogP contribution in [0, 0.1) is 5.82 Å². The van der Waals surface area contributed by atoms with Crippen LogP contribution in [-0.4, -0.2) is 46.8 Å². The Morgan fingerprint density at radius 2 is 1.67 bits per heavy atom. The molecule has 1 aliphatic rings. The number of hydrogen-bond acceptors (Lipinski definition) is 10. The van der Waals surface area contributed by atoms with Gasteiger partial charge in [0, 0.05) is 11.3 Å². The predicted octanol–water partition coefficient (Wildman–Crippen LogP) is 8.35.